The first kappa shape index (κ1) is 41.0. The number of carboxylic acid groups (broad SMARTS) is 1. The average Bonchev–Trinajstić information content (AvgIpc) is 3.70. The molecule has 14 nitrogen and oxygen atoms in total. The van der Waals surface area contributed by atoms with Gasteiger partial charge in [-0.15, -0.1) is 26.3 Å². The number of aromatic nitrogens is 6. The number of halogens is 8. The standard InChI is InChI=1S/C17H13BrF3N5O2.C17H12BrF3N4O3/c1-26-8-9(15(22)27)6-13(26)11-4-5-23-16(24-11)25-12-7-10(18)2-3-14(12)28-17(19,20)21;1-25-8-9(15(26)27)6-13(25)11-4-5-22-16(23-11)24-12-7-10(18)2-3-14(12)28-17(19,20)21/h2-8H,1H3,(H2,22,27)(H,23,24,25);2-8H,1H3,(H,26,27)(H,22,23,24). The number of nitrogens with one attached hydrogen (secondary N) is 2. The van der Waals surface area contributed by atoms with Crippen molar-refractivity contribution in [3.63, 3.8) is 0 Å². The van der Waals surface area contributed by atoms with Crippen LogP contribution >= 0.6 is 31.9 Å². The largest absolute Gasteiger partial charge is 0.573 e. The number of hydrogen-bond acceptors (Lipinski definition) is 10. The van der Waals surface area contributed by atoms with E-state index in [4.69, 9.17) is 10.8 Å². The molecule has 0 aliphatic heterocycles. The number of carbonyl (C=O) groups is 2. The van der Waals surface area contributed by atoms with Crippen LogP contribution in [-0.4, -0.2) is 58.8 Å². The number of carbonyl (C=O) groups excluding carboxylic acids is 1. The lowest BCUT2D eigenvalue weighted by atomic mass is 10.2. The number of alkyl halides is 6. The van der Waals surface area contributed by atoms with Crippen LogP contribution in [0.2, 0.25) is 0 Å². The molecular weight excluding hydrogens is 888 g/mol. The van der Waals surface area contributed by atoms with Crippen LogP contribution in [-0.2, 0) is 14.1 Å². The molecule has 1 amide bonds. The molecule has 4 aromatic heterocycles. The van der Waals surface area contributed by atoms with Gasteiger partial charge in [-0.05, 0) is 60.7 Å². The summed E-state index contributed by atoms with van der Waals surface area (Å²) in [4.78, 5) is 39.0. The zero-order valence-electron chi connectivity index (χ0n) is 28.4. The van der Waals surface area contributed by atoms with Gasteiger partial charge in [-0.2, -0.15) is 0 Å². The zero-order valence-corrected chi connectivity index (χ0v) is 31.6. The van der Waals surface area contributed by atoms with Crippen molar-refractivity contribution >= 4 is 67.0 Å². The summed E-state index contributed by atoms with van der Waals surface area (Å²) in [5.41, 5.74) is 7.61. The number of nitrogens with two attached hydrogens (primary N) is 1. The van der Waals surface area contributed by atoms with Gasteiger partial charge in [-0.3, -0.25) is 4.79 Å². The second-order valence-corrected chi connectivity index (χ2v) is 13.1. The van der Waals surface area contributed by atoms with E-state index in [0.717, 1.165) is 6.07 Å². The highest BCUT2D eigenvalue weighted by atomic mass is 79.9. The Kier molecular flexibility index (Phi) is 12.2. The second kappa shape index (κ2) is 16.7. The molecule has 6 rings (SSSR count). The second-order valence-electron chi connectivity index (χ2n) is 11.3. The number of aryl methyl sites for hydroxylation is 2. The molecule has 6 aromatic rings. The molecule has 5 N–H and O–H groups in total. The van der Waals surface area contributed by atoms with Gasteiger partial charge in [0.15, 0.2) is 11.5 Å². The van der Waals surface area contributed by atoms with Gasteiger partial charge >= 0.3 is 18.7 Å². The van der Waals surface area contributed by atoms with Gasteiger partial charge < -0.3 is 40.1 Å². The van der Waals surface area contributed by atoms with E-state index in [1.807, 2.05) is 0 Å². The van der Waals surface area contributed by atoms with Gasteiger partial charge in [0, 0.05) is 47.8 Å². The normalized spacial score (nSPS) is 11.3. The lowest BCUT2D eigenvalue weighted by molar-refractivity contribution is -0.275. The van der Waals surface area contributed by atoms with Crippen LogP contribution in [0.1, 0.15) is 20.7 Å². The van der Waals surface area contributed by atoms with Crippen molar-refractivity contribution in [3.8, 4) is 34.3 Å². The topological polar surface area (TPSA) is 184 Å². The molecule has 0 saturated heterocycles. The summed E-state index contributed by atoms with van der Waals surface area (Å²) in [5.74, 6) is -2.49. The van der Waals surface area contributed by atoms with Gasteiger partial charge in [0.05, 0.1) is 45.3 Å². The van der Waals surface area contributed by atoms with Crippen molar-refractivity contribution < 1.29 is 50.5 Å². The highest BCUT2D eigenvalue weighted by Gasteiger charge is 2.33. The van der Waals surface area contributed by atoms with E-state index in [1.165, 1.54) is 55.0 Å². The number of primary amides is 1. The molecule has 0 aliphatic rings. The van der Waals surface area contributed by atoms with Crippen LogP contribution in [0.25, 0.3) is 22.8 Å². The fourth-order valence-corrected chi connectivity index (χ4v) is 5.60. The summed E-state index contributed by atoms with van der Waals surface area (Å²) in [5, 5.41) is 14.5. The quantitative estimate of drug-likeness (QED) is 0.0966. The summed E-state index contributed by atoms with van der Waals surface area (Å²) in [6, 6.07) is 14.1. The number of ether oxygens (including phenoxy) is 2. The van der Waals surface area contributed by atoms with Gasteiger partial charge in [-0.1, -0.05) is 31.9 Å². The van der Waals surface area contributed by atoms with Crippen LogP contribution < -0.4 is 25.8 Å². The van der Waals surface area contributed by atoms with Crippen LogP contribution in [0, 0.1) is 0 Å². The smallest absolute Gasteiger partial charge is 0.478 e. The Morgan fingerprint density at radius 1 is 0.696 bits per heavy atom. The molecule has 0 unspecified atom stereocenters. The van der Waals surface area contributed by atoms with Gasteiger partial charge in [-0.25, -0.2) is 24.7 Å². The van der Waals surface area contributed by atoms with Crippen molar-refractivity contribution in [2.75, 3.05) is 10.6 Å². The third kappa shape index (κ3) is 11.0. The fraction of sp³-hybridized carbons (Fsp3) is 0.118. The van der Waals surface area contributed by atoms with Crippen LogP contribution in [0.3, 0.4) is 0 Å². The van der Waals surface area contributed by atoms with E-state index in [-0.39, 0.29) is 28.8 Å². The third-order valence-electron chi connectivity index (χ3n) is 7.20. The van der Waals surface area contributed by atoms with E-state index >= 15 is 0 Å². The Hall–Kier alpha value is -6.16. The number of carboxylic acids is 1. The van der Waals surface area contributed by atoms with Gasteiger partial charge in [0.25, 0.3) is 0 Å². The molecule has 0 radical (unpaired) electrons. The molecule has 0 saturated carbocycles. The van der Waals surface area contributed by atoms with E-state index < -0.39 is 36.1 Å². The first-order valence-electron chi connectivity index (χ1n) is 15.4. The Balaban J connectivity index is 0.000000214. The maximum Gasteiger partial charge on any atom is 0.573 e. The molecule has 0 bridgehead atoms. The van der Waals surface area contributed by atoms with Crippen LogP contribution in [0.5, 0.6) is 11.5 Å². The molecule has 0 aliphatic carbocycles. The number of nitrogens with zero attached hydrogens (tertiary/aromatic N) is 6. The maximum atomic E-state index is 12.6. The van der Waals surface area contributed by atoms with E-state index in [2.05, 4.69) is 71.9 Å². The summed E-state index contributed by atoms with van der Waals surface area (Å²) < 4.78 is 88.1. The Morgan fingerprint density at radius 2 is 1.11 bits per heavy atom. The first-order valence-corrected chi connectivity index (χ1v) is 17.0. The highest BCUT2D eigenvalue weighted by Crippen LogP contribution is 2.36. The molecule has 2 aromatic carbocycles. The number of benzene rings is 2. The Morgan fingerprint density at radius 3 is 1.46 bits per heavy atom. The van der Waals surface area contributed by atoms with Crippen LogP contribution in [0.4, 0.5) is 49.6 Å². The van der Waals surface area contributed by atoms with Gasteiger partial charge in [0.1, 0.15) is 0 Å². The van der Waals surface area contributed by atoms with E-state index in [0.29, 0.717) is 37.3 Å². The summed E-state index contributed by atoms with van der Waals surface area (Å²) >= 11 is 6.39. The Labute approximate surface area is 328 Å². The highest BCUT2D eigenvalue weighted by molar-refractivity contribution is 9.10. The van der Waals surface area contributed by atoms with E-state index in [1.54, 1.807) is 47.6 Å². The van der Waals surface area contributed by atoms with Crippen molar-refractivity contribution in [2.24, 2.45) is 19.8 Å². The molecule has 292 valence electrons. The summed E-state index contributed by atoms with van der Waals surface area (Å²) in [7, 11) is 3.36. The molecule has 22 heteroatoms. The number of hydrogen-bond donors (Lipinski definition) is 4. The minimum absolute atomic E-state index is 0.00181. The number of anilines is 4. The van der Waals surface area contributed by atoms with Gasteiger partial charge in [0.2, 0.25) is 17.8 Å². The fourth-order valence-electron chi connectivity index (χ4n) is 4.88. The SMILES string of the molecule is Cn1cc(C(=O)O)cc1-c1ccnc(Nc2cc(Br)ccc2OC(F)(F)F)n1.Cn1cc(C(N)=O)cc1-c1ccnc(Nc2cc(Br)ccc2OC(F)(F)F)n1. The first-order chi connectivity index (χ1) is 26.2. The minimum atomic E-state index is -4.86. The molecule has 4 heterocycles. The van der Waals surface area contributed by atoms with Crippen molar-refractivity contribution in [3.05, 3.63) is 106 Å². The molecule has 0 fully saturated rings. The summed E-state index contributed by atoms with van der Waals surface area (Å²) in [6.07, 6.45) is -3.89. The third-order valence-corrected chi connectivity index (χ3v) is 8.19. The minimum Gasteiger partial charge on any atom is -0.478 e. The predicted molar refractivity (Wildman–Crippen MR) is 197 cm³/mol. The zero-order chi connectivity index (χ0) is 40.9. The molecule has 56 heavy (non-hydrogen) atoms. The Bertz CT molecular complexity index is 2240. The number of aromatic carboxylic acids is 1. The number of rotatable bonds is 10. The average molecular weight is 913 g/mol. The molecular formula is C34H25Br2F6N9O5. The molecule has 0 spiro atoms. The lowest BCUT2D eigenvalue weighted by Gasteiger charge is -2.14. The molecule has 0 atom stereocenters. The van der Waals surface area contributed by atoms with Crippen molar-refractivity contribution in [2.45, 2.75) is 12.7 Å². The van der Waals surface area contributed by atoms with Crippen LogP contribution in [0.15, 0.2) is 94.4 Å². The maximum absolute atomic E-state index is 12.6. The van der Waals surface area contributed by atoms with E-state index in [9.17, 15) is 35.9 Å². The lowest BCUT2D eigenvalue weighted by Crippen LogP contribution is -2.18. The predicted octanol–water partition coefficient (Wildman–Crippen LogP) is 8.57. The van der Waals surface area contributed by atoms with Crippen molar-refractivity contribution in [1.29, 1.82) is 0 Å². The summed E-state index contributed by atoms with van der Waals surface area (Å²) in [6.45, 7) is 0. The monoisotopic (exact) mass is 911 g/mol. The number of amides is 1. The van der Waals surface area contributed by atoms with Crippen molar-refractivity contribution in [1.82, 2.24) is 29.1 Å².